The van der Waals surface area contributed by atoms with Crippen LogP contribution in [0.4, 0.5) is 10.1 Å². The number of halogens is 2. The number of hydrogen-bond donors (Lipinski definition) is 2. The van der Waals surface area contributed by atoms with Crippen LogP contribution in [0.15, 0.2) is 12.1 Å². The molecular formula is C13H18ClFN2. The molecule has 1 aliphatic rings. The van der Waals surface area contributed by atoms with Crippen molar-refractivity contribution in [1.82, 2.24) is 0 Å². The van der Waals surface area contributed by atoms with Gasteiger partial charge in [-0.3, -0.25) is 0 Å². The lowest BCUT2D eigenvalue weighted by molar-refractivity contribution is 0.411. The van der Waals surface area contributed by atoms with Crippen LogP contribution in [-0.2, 0) is 0 Å². The molecule has 0 heterocycles. The fourth-order valence-corrected chi connectivity index (χ4v) is 2.51. The van der Waals surface area contributed by atoms with Gasteiger partial charge in [-0.25, -0.2) is 4.39 Å². The zero-order valence-electron chi connectivity index (χ0n) is 9.97. The first-order valence-corrected chi connectivity index (χ1v) is 6.42. The molecule has 17 heavy (non-hydrogen) atoms. The number of nitrogens with two attached hydrogens (primary N) is 1. The topological polar surface area (TPSA) is 38.0 Å². The number of benzene rings is 1. The van der Waals surface area contributed by atoms with Crippen LogP contribution in [0.5, 0.6) is 0 Å². The molecule has 0 aromatic heterocycles. The summed E-state index contributed by atoms with van der Waals surface area (Å²) < 4.78 is 13.5. The highest BCUT2D eigenvalue weighted by Crippen LogP contribution is 2.28. The van der Waals surface area contributed by atoms with Crippen molar-refractivity contribution in [2.24, 2.45) is 5.73 Å². The largest absolute Gasteiger partial charge is 0.381 e. The molecule has 2 nitrogen and oxygen atoms in total. The maximum atomic E-state index is 13.5. The van der Waals surface area contributed by atoms with Crippen LogP contribution in [0, 0.1) is 12.7 Å². The Morgan fingerprint density at radius 2 is 1.94 bits per heavy atom. The first-order chi connectivity index (χ1) is 8.06. The second-order valence-corrected chi connectivity index (χ2v) is 5.24. The Morgan fingerprint density at radius 1 is 1.29 bits per heavy atom. The van der Waals surface area contributed by atoms with Crippen molar-refractivity contribution in [3.63, 3.8) is 0 Å². The van der Waals surface area contributed by atoms with E-state index in [1.807, 2.05) is 0 Å². The molecule has 94 valence electrons. The third-order valence-corrected chi connectivity index (χ3v) is 3.69. The highest BCUT2D eigenvalue weighted by atomic mass is 35.5. The van der Waals surface area contributed by atoms with E-state index in [9.17, 15) is 4.39 Å². The van der Waals surface area contributed by atoms with E-state index in [1.165, 1.54) is 6.07 Å². The fraction of sp³-hybridized carbons (Fsp3) is 0.538. The van der Waals surface area contributed by atoms with Gasteiger partial charge < -0.3 is 11.1 Å². The van der Waals surface area contributed by atoms with Gasteiger partial charge in [0.2, 0.25) is 0 Å². The standard InChI is InChI=1S/C13H18ClFN2/c1-8-6-11(14)13(7-12(8)15)17-10-4-2-9(16)3-5-10/h6-7,9-10,17H,2-5,16H2,1H3. The fourth-order valence-electron chi connectivity index (χ4n) is 2.24. The average Bonchev–Trinajstić information content (AvgIpc) is 2.29. The predicted octanol–water partition coefficient (Wildman–Crippen LogP) is 3.47. The van der Waals surface area contributed by atoms with Crippen LogP contribution in [0.3, 0.4) is 0 Å². The molecule has 0 bridgehead atoms. The molecule has 3 N–H and O–H groups in total. The first-order valence-electron chi connectivity index (χ1n) is 6.04. The molecular weight excluding hydrogens is 239 g/mol. The van der Waals surface area contributed by atoms with E-state index in [-0.39, 0.29) is 5.82 Å². The molecule has 0 amide bonds. The summed E-state index contributed by atoms with van der Waals surface area (Å²) in [6.45, 7) is 1.71. The van der Waals surface area contributed by atoms with Crippen molar-refractivity contribution in [1.29, 1.82) is 0 Å². The van der Waals surface area contributed by atoms with E-state index in [0.29, 0.717) is 28.4 Å². The van der Waals surface area contributed by atoms with Crippen molar-refractivity contribution >= 4 is 17.3 Å². The number of anilines is 1. The van der Waals surface area contributed by atoms with Gasteiger partial charge in [0.25, 0.3) is 0 Å². The summed E-state index contributed by atoms with van der Waals surface area (Å²) in [5.41, 5.74) is 7.12. The molecule has 1 fully saturated rings. The molecule has 1 aromatic rings. The Labute approximate surface area is 106 Å². The van der Waals surface area contributed by atoms with Crippen LogP contribution < -0.4 is 11.1 Å². The molecule has 0 radical (unpaired) electrons. The quantitative estimate of drug-likeness (QED) is 0.850. The summed E-state index contributed by atoms with van der Waals surface area (Å²) in [5.74, 6) is -0.218. The van der Waals surface area contributed by atoms with Gasteiger partial charge in [0.15, 0.2) is 0 Å². The SMILES string of the molecule is Cc1cc(Cl)c(NC2CCC(N)CC2)cc1F. The first kappa shape index (κ1) is 12.7. The molecule has 1 saturated carbocycles. The lowest BCUT2D eigenvalue weighted by atomic mass is 9.91. The molecule has 0 atom stereocenters. The number of nitrogens with one attached hydrogen (secondary N) is 1. The van der Waals surface area contributed by atoms with Crippen LogP contribution >= 0.6 is 11.6 Å². The Morgan fingerprint density at radius 3 is 2.59 bits per heavy atom. The van der Waals surface area contributed by atoms with Crippen molar-refractivity contribution in [3.05, 3.63) is 28.5 Å². The van der Waals surface area contributed by atoms with Gasteiger partial charge in [0, 0.05) is 12.1 Å². The van der Waals surface area contributed by atoms with E-state index in [4.69, 9.17) is 17.3 Å². The molecule has 0 saturated heterocycles. The van der Waals surface area contributed by atoms with Crippen molar-refractivity contribution in [2.45, 2.75) is 44.7 Å². The van der Waals surface area contributed by atoms with E-state index in [1.54, 1.807) is 13.0 Å². The molecule has 0 unspecified atom stereocenters. The van der Waals surface area contributed by atoms with Gasteiger partial charge in [-0.15, -0.1) is 0 Å². The average molecular weight is 257 g/mol. The summed E-state index contributed by atoms with van der Waals surface area (Å²) in [4.78, 5) is 0. The Kier molecular flexibility index (Phi) is 3.89. The van der Waals surface area contributed by atoms with E-state index in [2.05, 4.69) is 5.32 Å². The second-order valence-electron chi connectivity index (χ2n) is 4.84. The molecule has 2 rings (SSSR count). The number of hydrogen-bond acceptors (Lipinski definition) is 2. The minimum Gasteiger partial charge on any atom is -0.381 e. The van der Waals surface area contributed by atoms with Gasteiger partial charge in [-0.2, -0.15) is 0 Å². The molecule has 1 aliphatic carbocycles. The van der Waals surface area contributed by atoms with Crippen molar-refractivity contribution in [3.8, 4) is 0 Å². The van der Waals surface area contributed by atoms with Gasteiger partial charge >= 0.3 is 0 Å². The summed E-state index contributed by atoms with van der Waals surface area (Å²) in [6.07, 6.45) is 4.08. The monoisotopic (exact) mass is 256 g/mol. The van der Waals surface area contributed by atoms with Crippen LogP contribution in [0.1, 0.15) is 31.2 Å². The minimum atomic E-state index is -0.218. The molecule has 4 heteroatoms. The van der Waals surface area contributed by atoms with Gasteiger partial charge in [-0.1, -0.05) is 11.6 Å². The predicted molar refractivity (Wildman–Crippen MR) is 70.0 cm³/mol. The summed E-state index contributed by atoms with van der Waals surface area (Å²) in [7, 11) is 0. The van der Waals surface area contributed by atoms with Gasteiger partial charge in [0.05, 0.1) is 10.7 Å². The van der Waals surface area contributed by atoms with E-state index >= 15 is 0 Å². The highest BCUT2D eigenvalue weighted by Gasteiger charge is 2.19. The Bertz CT molecular complexity index is 401. The normalized spacial score (nSPS) is 24.7. The zero-order valence-corrected chi connectivity index (χ0v) is 10.7. The molecule has 0 spiro atoms. The summed E-state index contributed by atoms with van der Waals surface area (Å²) >= 11 is 6.10. The maximum Gasteiger partial charge on any atom is 0.128 e. The lowest BCUT2D eigenvalue weighted by Crippen LogP contribution is -2.32. The van der Waals surface area contributed by atoms with Crippen LogP contribution in [0.2, 0.25) is 5.02 Å². The second kappa shape index (κ2) is 5.23. The number of rotatable bonds is 2. The highest BCUT2D eigenvalue weighted by molar-refractivity contribution is 6.33. The van der Waals surface area contributed by atoms with E-state index < -0.39 is 0 Å². The lowest BCUT2D eigenvalue weighted by Gasteiger charge is -2.28. The third-order valence-electron chi connectivity index (χ3n) is 3.38. The smallest absolute Gasteiger partial charge is 0.128 e. The third kappa shape index (κ3) is 3.11. The summed E-state index contributed by atoms with van der Waals surface area (Å²) in [5, 5.41) is 3.89. The Balaban J connectivity index is 2.06. The number of aryl methyl sites for hydroxylation is 1. The zero-order chi connectivity index (χ0) is 12.4. The van der Waals surface area contributed by atoms with Gasteiger partial charge in [0.1, 0.15) is 5.82 Å². The van der Waals surface area contributed by atoms with Crippen molar-refractivity contribution < 1.29 is 4.39 Å². The van der Waals surface area contributed by atoms with Crippen LogP contribution in [-0.4, -0.2) is 12.1 Å². The minimum absolute atomic E-state index is 0.218. The Hall–Kier alpha value is -0.800. The molecule has 0 aliphatic heterocycles. The summed E-state index contributed by atoms with van der Waals surface area (Å²) in [6, 6.07) is 3.81. The van der Waals surface area contributed by atoms with Gasteiger partial charge in [-0.05, 0) is 50.3 Å². The van der Waals surface area contributed by atoms with Crippen LogP contribution in [0.25, 0.3) is 0 Å². The van der Waals surface area contributed by atoms with E-state index in [0.717, 1.165) is 25.7 Å². The maximum absolute atomic E-state index is 13.5. The van der Waals surface area contributed by atoms with Crippen molar-refractivity contribution in [2.75, 3.05) is 5.32 Å². The molecule has 1 aromatic carbocycles.